The molecule has 0 aliphatic heterocycles. The summed E-state index contributed by atoms with van der Waals surface area (Å²) in [6.45, 7) is 17.4. The van der Waals surface area contributed by atoms with Crippen LogP contribution in [0, 0.1) is 57.7 Å². The van der Waals surface area contributed by atoms with Gasteiger partial charge in [0.15, 0.2) is 0 Å². The first-order valence-corrected chi connectivity index (χ1v) is 13.9. The molecule has 0 unspecified atom stereocenters. The van der Waals surface area contributed by atoms with E-state index >= 15 is 0 Å². The van der Waals surface area contributed by atoms with Gasteiger partial charge in [0.25, 0.3) is 0 Å². The predicted octanol–water partition coefficient (Wildman–Crippen LogP) is 8.27. The van der Waals surface area contributed by atoms with E-state index in [2.05, 4.69) is 60.6 Å². The molecule has 0 saturated heterocycles. The van der Waals surface area contributed by atoms with Gasteiger partial charge < -0.3 is 5.11 Å². The molecule has 0 heterocycles. The molecule has 0 amide bonds. The zero-order valence-electron chi connectivity index (χ0n) is 21.8. The van der Waals surface area contributed by atoms with E-state index in [1.54, 1.807) is 0 Å². The van der Waals surface area contributed by atoms with E-state index in [1.165, 1.54) is 51.4 Å². The summed E-state index contributed by atoms with van der Waals surface area (Å²) in [5, 5.41) is 10.3. The molecule has 0 radical (unpaired) electrons. The van der Waals surface area contributed by atoms with Gasteiger partial charge in [-0.25, -0.2) is 0 Å². The minimum atomic E-state index is -0.0216. The predicted molar refractivity (Wildman–Crippen MR) is 133 cm³/mol. The molecule has 0 spiro atoms. The van der Waals surface area contributed by atoms with Crippen LogP contribution in [-0.2, 0) is 0 Å². The van der Waals surface area contributed by atoms with Crippen molar-refractivity contribution in [3.8, 4) is 0 Å². The maximum Gasteiger partial charge on any atom is 0.0543 e. The van der Waals surface area contributed by atoms with Crippen LogP contribution >= 0.6 is 0 Å². The van der Waals surface area contributed by atoms with E-state index in [4.69, 9.17) is 0 Å². The van der Waals surface area contributed by atoms with Gasteiger partial charge in [0.05, 0.1) is 6.10 Å². The molecule has 4 rings (SSSR count). The van der Waals surface area contributed by atoms with Crippen molar-refractivity contribution in [2.75, 3.05) is 0 Å². The van der Waals surface area contributed by atoms with E-state index in [0.29, 0.717) is 28.1 Å². The van der Waals surface area contributed by atoms with Crippen LogP contribution in [0.2, 0.25) is 0 Å². The number of rotatable bonds is 5. The summed E-state index contributed by atoms with van der Waals surface area (Å²) < 4.78 is 0. The zero-order valence-corrected chi connectivity index (χ0v) is 21.8. The number of fused-ring (bicyclic) bond motifs is 5. The quantitative estimate of drug-likeness (QED) is 0.437. The lowest BCUT2D eigenvalue weighted by Crippen LogP contribution is -2.54. The number of allylic oxidation sites excluding steroid dienone is 2. The van der Waals surface area contributed by atoms with Crippen molar-refractivity contribution < 1.29 is 5.11 Å². The summed E-state index contributed by atoms with van der Waals surface area (Å²) >= 11 is 0. The third-order valence-electron chi connectivity index (χ3n) is 12.2. The minimum absolute atomic E-state index is 0.0216. The van der Waals surface area contributed by atoms with Gasteiger partial charge in [0, 0.05) is 0 Å². The van der Waals surface area contributed by atoms with E-state index in [1.807, 2.05) is 0 Å². The van der Waals surface area contributed by atoms with Crippen molar-refractivity contribution in [3.63, 3.8) is 0 Å². The van der Waals surface area contributed by atoms with Crippen LogP contribution in [0.25, 0.3) is 0 Å². The minimum Gasteiger partial charge on any atom is -0.393 e. The van der Waals surface area contributed by atoms with Crippen LogP contribution < -0.4 is 0 Å². The summed E-state index contributed by atoms with van der Waals surface area (Å²) in [6, 6.07) is 0. The zero-order chi connectivity index (χ0) is 22.6. The molecule has 4 aliphatic rings. The van der Waals surface area contributed by atoms with E-state index in [9.17, 15) is 5.11 Å². The largest absolute Gasteiger partial charge is 0.393 e. The summed E-state index contributed by atoms with van der Waals surface area (Å²) in [5.41, 5.74) is 1.39. The molecule has 0 bridgehead atoms. The highest BCUT2D eigenvalue weighted by molar-refractivity contribution is 5.12. The molecule has 4 saturated carbocycles. The molecule has 10 atom stereocenters. The normalized spacial score (nSPS) is 48.2. The van der Waals surface area contributed by atoms with Gasteiger partial charge in [-0.05, 0) is 122 Å². The molecule has 1 heteroatoms. The summed E-state index contributed by atoms with van der Waals surface area (Å²) in [7, 11) is 0. The molecule has 178 valence electrons. The highest BCUT2D eigenvalue weighted by atomic mass is 16.3. The summed E-state index contributed by atoms with van der Waals surface area (Å²) in [4.78, 5) is 0. The van der Waals surface area contributed by atoms with Crippen LogP contribution in [0.5, 0.6) is 0 Å². The van der Waals surface area contributed by atoms with Gasteiger partial charge in [-0.3, -0.25) is 0 Å². The van der Waals surface area contributed by atoms with Crippen molar-refractivity contribution in [2.45, 2.75) is 119 Å². The molecular weight excluding hydrogens is 376 g/mol. The lowest BCUT2D eigenvalue weighted by molar-refractivity contribution is -0.128. The van der Waals surface area contributed by atoms with Crippen molar-refractivity contribution in [1.29, 1.82) is 0 Å². The second kappa shape index (κ2) is 8.48. The van der Waals surface area contributed by atoms with E-state index in [0.717, 1.165) is 42.4 Å². The lowest BCUT2D eigenvalue weighted by Gasteiger charge is -2.61. The average molecular weight is 429 g/mol. The number of hydrogen-bond acceptors (Lipinski definition) is 1. The van der Waals surface area contributed by atoms with Gasteiger partial charge in [0.2, 0.25) is 0 Å². The monoisotopic (exact) mass is 428 g/mol. The van der Waals surface area contributed by atoms with Gasteiger partial charge >= 0.3 is 0 Å². The second-order valence-electron chi connectivity index (χ2n) is 13.5. The van der Waals surface area contributed by atoms with E-state index < -0.39 is 0 Å². The highest BCUT2D eigenvalue weighted by Crippen LogP contribution is 2.68. The molecule has 4 aliphatic carbocycles. The fourth-order valence-corrected chi connectivity index (χ4v) is 9.36. The van der Waals surface area contributed by atoms with Crippen molar-refractivity contribution in [2.24, 2.45) is 57.7 Å². The fourth-order valence-electron chi connectivity index (χ4n) is 9.36. The topological polar surface area (TPSA) is 20.2 Å². The first-order chi connectivity index (χ1) is 14.5. The smallest absolute Gasteiger partial charge is 0.0543 e. The molecule has 1 nitrogen and oxygen atoms in total. The van der Waals surface area contributed by atoms with Crippen LogP contribution in [0.3, 0.4) is 0 Å². The number of hydrogen-bond donors (Lipinski definition) is 1. The van der Waals surface area contributed by atoms with Gasteiger partial charge in [-0.1, -0.05) is 60.6 Å². The Hall–Kier alpha value is -0.300. The molecule has 4 fully saturated rings. The number of aliphatic hydroxyl groups excluding tert-OH is 1. The summed E-state index contributed by atoms with van der Waals surface area (Å²) in [6.07, 6.45) is 18.5. The van der Waals surface area contributed by atoms with Gasteiger partial charge in [-0.15, -0.1) is 0 Å². The van der Waals surface area contributed by atoms with Gasteiger partial charge in [-0.2, -0.15) is 0 Å². The Balaban J connectivity index is 1.51. The van der Waals surface area contributed by atoms with Gasteiger partial charge in [0.1, 0.15) is 0 Å². The Morgan fingerprint density at radius 3 is 2.29 bits per heavy atom. The average Bonchev–Trinajstić information content (AvgIpc) is 3.09. The Morgan fingerprint density at radius 2 is 1.61 bits per heavy atom. The van der Waals surface area contributed by atoms with Crippen LogP contribution in [0.1, 0.15) is 113 Å². The van der Waals surface area contributed by atoms with Crippen LogP contribution in [0.15, 0.2) is 12.2 Å². The molecule has 1 N–H and O–H groups in total. The van der Waals surface area contributed by atoms with Crippen LogP contribution in [-0.4, -0.2) is 11.2 Å². The molecule has 0 aromatic rings. The van der Waals surface area contributed by atoms with Crippen molar-refractivity contribution in [1.82, 2.24) is 0 Å². The molecule has 0 aromatic carbocycles. The molecule has 0 aromatic heterocycles. The Bertz CT molecular complexity index is 665. The van der Waals surface area contributed by atoms with Crippen molar-refractivity contribution >= 4 is 0 Å². The van der Waals surface area contributed by atoms with E-state index in [-0.39, 0.29) is 6.10 Å². The van der Waals surface area contributed by atoms with Crippen LogP contribution in [0.4, 0.5) is 0 Å². The second-order valence-corrected chi connectivity index (χ2v) is 13.5. The first kappa shape index (κ1) is 23.8. The maximum atomic E-state index is 10.3. The first-order valence-electron chi connectivity index (χ1n) is 13.9. The Kier molecular flexibility index (Phi) is 6.53. The lowest BCUT2D eigenvalue weighted by atomic mass is 9.44. The fraction of sp³-hybridized carbons (Fsp3) is 0.933. The molecule has 31 heavy (non-hydrogen) atoms. The highest BCUT2D eigenvalue weighted by Gasteiger charge is 2.60. The van der Waals surface area contributed by atoms with Crippen molar-refractivity contribution in [3.05, 3.63) is 12.2 Å². The third kappa shape index (κ3) is 3.87. The third-order valence-corrected chi connectivity index (χ3v) is 12.2. The maximum absolute atomic E-state index is 10.3. The standard InChI is InChI=1S/C30H52O/c1-8-28(5,20(2)3)16-13-21(4)25-11-12-26-24-10-9-22-19-23(31)14-17-29(22,6)27(24)15-18-30(25,26)7/h13,16,20-27,31H,8-12,14-15,17-19H2,1-7H3/b16-13+/t21-,22+,23+,24+,25-,26+,27+,28+,29+,30-/m1/s1. The summed E-state index contributed by atoms with van der Waals surface area (Å²) in [5.74, 6) is 5.87. The number of aliphatic hydroxyl groups is 1. The Morgan fingerprint density at radius 1 is 0.935 bits per heavy atom. The molecular formula is C30H52O. The Labute approximate surface area is 193 Å². The SMILES string of the molecule is CC[C@@](C)(/C=C/[C@@H](C)[C@H]1CC[C@H]2[C@@H]3CC[C@H]4C[C@@H](O)CC[C@]4(C)[C@H]3CC[C@]12C)C(C)C.